The van der Waals surface area contributed by atoms with E-state index in [1.165, 1.54) is 6.92 Å². The molecule has 0 radical (unpaired) electrons. The van der Waals surface area contributed by atoms with Crippen LogP contribution in [-0.4, -0.2) is 106 Å². The molecule has 2 aromatic carbocycles. The molecule has 15 heteroatoms. The number of benzene rings is 2. The van der Waals surface area contributed by atoms with Crippen molar-refractivity contribution in [3.63, 3.8) is 0 Å². The molecule has 3 aliphatic heterocycles. The molecule has 1 saturated heterocycles. The van der Waals surface area contributed by atoms with Gasteiger partial charge in [-0.2, -0.15) is 0 Å². The molecule has 3 atom stereocenters. The number of aliphatic hydroxyl groups excluding tert-OH is 1. The first-order chi connectivity index (χ1) is 25.5. The maximum Gasteiger partial charge on any atom is 0.274 e. The highest BCUT2D eigenvalue weighted by atomic mass is 16.5. The van der Waals surface area contributed by atoms with Gasteiger partial charge in [0.15, 0.2) is 5.60 Å². The van der Waals surface area contributed by atoms with Crippen molar-refractivity contribution in [3.8, 4) is 11.5 Å². The summed E-state index contributed by atoms with van der Waals surface area (Å²) in [4.78, 5) is 73.8. The van der Waals surface area contributed by atoms with Gasteiger partial charge in [0.05, 0.1) is 13.2 Å². The van der Waals surface area contributed by atoms with Crippen LogP contribution in [0.1, 0.15) is 41.5 Å². The number of imidazole rings is 1. The lowest BCUT2D eigenvalue weighted by molar-refractivity contribution is -0.144. The van der Waals surface area contributed by atoms with E-state index >= 15 is 0 Å². The Kier molecular flexibility index (Phi) is 11.2. The molecule has 2 bridgehead atoms. The Balaban J connectivity index is 1.29. The third kappa shape index (κ3) is 8.58. The van der Waals surface area contributed by atoms with E-state index in [4.69, 9.17) is 9.47 Å². The predicted molar refractivity (Wildman–Crippen MR) is 192 cm³/mol. The maximum absolute atomic E-state index is 14.5. The summed E-state index contributed by atoms with van der Waals surface area (Å²) in [5.74, 6) is -2.00. The SMILES string of the molecule is Cc1cccc2nc(C(=O)N3CCC4(CC3)Oc3ccc(cc3)OCCNC(=O)[C@H](C)NC(=O)[C@H](CO)NC(=O)[C@@H](Cc3ccccc3)NC4=O)cn12. The summed E-state index contributed by atoms with van der Waals surface area (Å²) in [6.45, 7) is 3.24. The number of likely N-dealkylation sites (tertiary alicyclic amines) is 1. The average molecular weight is 726 g/mol. The monoisotopic (exact) mass is 725 g/mol. The zero-order valence-corrected chi connectivity index (χ0v) is 29.5. The minimum Gasteiger partial charge on any atom is -0.492 e. The lowest BCUT2D eigenvalue weighted by Crippen LogP contribution is -2.62. The third-order valence-electron chi connectivity index (χ3n) is 9.47. The van der Waals surface area contributed by atoms with Gasteiger partial charge in [-0.3, -0.25) is 24.0 Å². The number of nitrogens with one attached hydrogen (secondary N) is 4. The van der Waals surface area contributed by atoms with Crippen LogP contribution in [0.3, 0.4) is 0 Å². The van der Waals surface area contributed by atoms with Gasteiger partial charge < -0.3 is 45.1 Å². The highest BCUT2D eigenvalue weighted by Crippen LogP contribution is 2.31. The number of piperidine rings is 1. The molecule has 0 unspecified atom stereocenters. The van der Waals surface area contributed by atoms with E-state index in [1.54, 1.807) is 59.6 Å². The summed E-state index contributed by atoms with van der Waals surface area (Å²) < 4.78 is 14.1. The number of hydrogen-bond donors (Lipinski definition) is 5. The zero-order chi connectivity index (χ0) is 37.5. The van der Waals surface area contributed by atoms with Crippen LogP contribution in [0.4, 0.5) is 0 Å². The topological polar surface area (TPSA) is 193 Å². The predicted octanol–water partition coefficient (Wildman–Crippen LogP) is 0.914. The second-order valence-corrected chi connectivity index (χ2v) is 13.2. The molecule has 0 saturated carbocycles. The molecule has 5 heterocycles. The number of nitrogens with zero attached hydrogens (tertiary/aromatic N) is 3. The second-order valence-electron chi connectivity index (χ2n) is 13.2. The number of aryl methyl sites for hydroxylation is 1. The lowest BCUT2D eigenvalue weighted by Gasteiger charge is -2.41. The van der Waals surface area contributed by atoms with Crippen molar-refractivity contribution in [2.75, 3.05) is 32.8 Å². The highest BCUT2D eigenvalue weighted by molar-refractivity contribution is 5.96. The van der Waals surface area contributed by atoms with Gasteiger partial charge in [-0.05, 0) is 55.8 Å². The van der Waals surface area contributed by atoms with Crippen LogP contribution in [0.15, 0.2) is 79.0 Å². The van der Waals surface area contributed by atoms with E-state index in [1.807, 2.05) is 35.6 Å². The van der Waals surface area contributed by atoms with E-state index in [2.05, 4.69) is 26.3 Å². The molecular formula is C38H43N7O8. The van der Waals surface area contributed by atoms with Crippen molar-refractivity contribution in [2.24, 2.45) is 0 Å². The fourth-order valence-electron chi connectivity index (χ4n) is 6.38. The number of pyridine rings is 1. The van der Waals surface area contributed by atoms with E-state index in [0.717, 1.165) is 11.3 Å². The van der Waals surface area contributed by atoms with Crippen molar-refractivity contribution in [1.29, 1.82) is 0 Å². The number of aliphatic hydroxyl groups is 1. The smallest absolute Gasteiger partial charge is 0.274 e. The maximum atomic E-state index is 14.5. The van der Waals surface area contributed by atoms with Crippen molar-refractivity contribution < 1.29 is 38.6 Å². The van der Waals surface area contributed by atoms with Gasteiger partial charge in [-0.1, -0.05) is 36.4 Å². The summed E-state index contributed by atoms with van der Waals surface area (Å²) in [5.41, 5.74) is 1.08. The Bertz CT molecular complexity index is 1960. The Hall–Kier alpha value is -5.96. The summed E-state index contributed by atoms with van der Waals surface area (Å²) >= 11 is 0. The molecule has 0 aliphatic carbocycles. The van der Waals surface area contributed by atoms with E-state index in [-0.39, 0.29) is 57.1 Å². The van der Waals surface area contributed by atoms with Gasteiger partial charge in [-0.25, -0.2) is 4.98 Å². The number of amides is 5. The number of carbonyl (C=O) groups excluding carboxylic acids is 5. The van der Waals surface area contributed by atoms with Crippen LogP contribution in [0, 0.1) is 6.92 Å². The molecule has 278 valence electrons. The van der Waals surface area contributed by atoms with E-state index in [9.17, 15) is 29.1 Å². The first-order valence-electron chi connectivity index (χ1n) is 17.6. The third-order valence-corrected chi connectivity index (χ3v) is 9.47. The normalized spacial score (nSPS) is 21.5. The molecule has 5 N–H and O–H groups in total. The lowest BCUT2D eigenvalue weighted by atomic mass is 9.89. The van der Waals surface area contributed by atoms with Gasteiger partial charge in [0.2, 0.25) is 17.7 Å². The van der Waals surface area contributed by atoms with Gasteiger partial charge in [0, 0.05) is 44.2 Å². The van der Waals surface area contributed by atoms with Gasteiger partial charge in [0.1, 0.15) is 47.6 Å². The minimum absolute atomic E-state index is 0.0526. The summed E-state index contributed by atoms with van der Waals surface area (Å²) in [7, 11) is 0. The molecular weight excluding hydrogens is 682 g/mol. The average Bonchev–Trinajstić information content (AvgIpc) is 3.61. The van der Waals surface area contributed by atoms with Crippen LogP contribution >= 0.6 is 0 Å². The number of carbonyl (C=O) groups is 5. The van der Waals surface area contributed by atoms with E-state index in [0.29, 0.717) is 17.1 Å². The molecule has 15 nitrogen and oxygen atoms in total. The summed E-state index contributed by atoms with van der Waals surface area (Å²) in [5, 5.41) is 20.7. The van der Waals surface area contributed by atoms with Crippen LogP contribution in [0.5, 0.6) is 11.5 Å². The quantitative estimate of drug-likeness (QED) is 0.190. The van der Waals surface area contributed by atoms with Gasteiger partial charge >= 0.3 is 0 Å². The Morgan fingerprint density at radius 3 is 2.26 bits per heavy atom. The second kappa shape index (κ2) is 16.2. The number of hydrogen-bond acceptors (Lipinski definition) is 9. The number of aromatic nitrogens is 2. The van der Waals surface area contributed by atoms with Gasteiger partial charge in [-0.15, -0.1) is 0 Å². The molecule has 2 aromatic heterocycles. The Morgan fingerprint density at radius 2 is 1.57 bits per heavy atom. The first kappa shape index (κ1) is 36.8. The zero-order valence-electron chi connectivity index (χ0n) is 29.5. The highest BCUT2D eigenvalue weighted by Gasteiger charge is 2.46. The standard InChI is InChI=1S/C38H43N7O8/c1-24-7-6-10-32-41-30(22-45(24)32)36(50)44-18-15-38(16-19-44)37(51)43-29(21-26-8-4-3-5-9-26)34(48)42-31(23-46)35(49)40-25(2)33(47)39-17-20-52-27-11-13-28(53-38)14-12-27/h3-14,22,25,29,31,46H,15-21,23H2,1-2H3,(H,39,47)(H,40,49)(H,42,48)(H,43,51)/t25-,29+,31-/m0/s1. The van der Waals surface area contributed by atoms with Gasteiger partial charge in [0.25, 0.3) is 11.8 Å². The molecule has 7 rings (SSSR count). The first-order valence-corrected chi connectivity index (χ1v) is 17.6. The van der Waals surface area contributed by atoms with Crippen LogP contribution in [0.2, 0.25) is 0 Å². The molecule has 4 aromatic rings. The largest absolute Gasteiger partial charge is 0.492 e. The van der Waals surface area contributed by atoms with E-state index < -0.39 is 54.0 Å². The fourth-order valence-corrected chi connectivity index (χ4v) is 6.38. The van der Waals surface area contributed by atoms with Crippen molar-refractivity contribution >= 4 is 35.2 Å². The van der Waals surface area contributed by atoms with Crippen molar-refractivity contribution in [3.05, 3.63) is 95.9 Å². The molecule has 1 spiro atoms. The Labute approximate surface area is 306 Å². The van der Waals surface area contributed by atoms with Crippen molar-refractivity contribution in [2.45, 2.75) is 56.8 Å². The molecule has 1 fully saturated rings. The summed E-state index contributed by atoms with van der Waals surface area (Å²) in [6, 6.07) is 17.7. The van der Waals surface area contributed by atoms with Crippen LogP contribution in [0.25, 0.3) is 5.65 Å². The molecule has 5 amide bonds. The number of fused-ring (bicyclic) bond motifs is 16. The molecule has 3 aliphatic rings. The minimum atomic E-state index is -1.50. The molecule has 53 heavy (non-hydrogen) atoms. The summed E-state index contributed by atoms with van der Waals surface area (Å²) in [6.07, 6.45) is 1.94. The van der Waals surface area contributed by atoms with Crippen LogP contribution in [-0.2, 0) is 25.6 Å². The van der Waals surface area contributed by atoms with Crippen LogP contribution < -0.4 is 30.7 Å². The van der Waals surface area contributed by atoms with Crippen molar-refractivity contribution in [1.82, 2.24) is 35.6 Å². The number of rotatable bonds is 4. The number of ether oxygens (including phenoxy) is 2. The Morgan fingerprint density at radius 1 is 0.868 bits per heavy atom. The fraction of sp³-hybridized carbons (Fsp3) is 0.368.